The van der Waals surface area contributed by atoms with Gasteiger partial charge in [-0.15, -0.1) is 6.58 Å². The number of H-pyrrole nitrogens is 1. The Kier molecular flexibility index (Phi) is 5.19. The Bertz CT molecular complexity index is 1080. The van der Waals surface area contributed by atoms with Crippen molar-refractivity contribution in [2.24, 2.45) is 5.92 Å². The van der Waals surface area contributed by atoms with Gasteiger partial charge >= 0.3 is 12.2 Å². The molecule has 1 aromatic heterocycles. The molecule has 2 amide bonds. The number of ether oxygens (including phenoxy) is 1. The van der Waals surface area contributed by atoms with Gasteiger partial charge in [0.2, 0.25) is 0 Å². The minimum Gasteiger partial charge on any atom is -0.370 e. The number of urea groups is 1. The fourth-order valence-electron chi connectivity index (χ4n) is 5.09. The summed E-state index contributed by atoms with van der Waals surface area (Å²) >= 11 is 0. The van der Waals surface area contributed by atoms with Crippen molar-refractivity contribution in [1.82, 2.24) is 25.2 Å². The number of aromatic nitrogens is 3. The Morgan fingerprint density at radius 1 is 1.27 bits per heavy atom. The first-order valence-electron chi connectivity index (χ1n) is 10.8. The van der Waals surface area contributed by atoms with E-state index in [1.807, 2.05) is 11.0 Å². The second kappa shape index (κ2) is 7.82. The number of alkyl halides is 3. The normalized spacial score (nSPS) is 24.9. The molecule has 11 heteroatoms. The van der Waals surface area contributed by atoms with Gasteiger partial charge in [-0.2, -0.15) is 28.6 Å². The summed E-state index contributed by atoms with van der Waals surface area (Å²) in [6, 6.07) is 2.29. The number of aromatic amines is 1. The quantitative estimate of drug-likeness (QED) is 0.556. The summed E-state index contributed by atoms with van der Waals surface area (Å²) in [6.45, 7) is 5.64. The van der Waals surface area contributed by atoms with Crippen LogP contribution in [0.15, 0.2) is 30.9 Å². The summed E-state index contributed by atoms with van der Waals surface area (Å²) < 4.78 is 57.6. The summed E-state index contributed by atoms with van der Waals surface area (Å²) in [5, 5.41) is 11.2. The highest BCUT2D eigenvalue weighted by atomic mass is 19.4. The van der Waals surface area contributed by atoms with E-state index in [0.717, 1.165) is 36.4 Å². The molecule has 2 fully saturated rings. The number of benzene rings is 1. The van der Waals surface area contributed by atoms with Crippen LogP contribution in [0, 0.1) is 11.7 Å². The van der Waals surface area contributed by atoms with E-state index in [0.29, 0.717) is 32.2 Å². The molecule has 2 atom stereocenters. The number of nitrogens with one attached hydrogen (secondary N) is 1. The smallest absolute Gasteiger partial charge is 0.370 e. The first-order chi connectivity index (χ1) is 15.7. The average Bonchev–Trinajstić information content (AvgIpc) is 3.37. The number of rotatable bonds is 4. The summed E-state index contributed by atoms with van der Waals surface area (Å²) in [6.07, 6.45) is -1.29. The van der Waals surface area contributed by atoms with Crippen LogP contribution in [0.4, 0.5) is 22.4 Å². The molecule has 176 valence electrons. The molecule has 2 saturated heterocycles. The lowest BCUT2D eigenvalue weighted by Gasteiger charge is -2.41. The van der Waals surface area contributed by atoms with Crippen LogP contribution in [0.5, 0.6) is 0 Å². The molecular formula is C22H23F4N5O2. The van der Waals surface area contributed by atoms with Gasteiger partial charge in [0, 0.05) is 18.7 Å². The number of likely N-dealkylation sites (tertiary alicyclic amines) is 2. The highest BCUT2D eigenvalue weighted by Gasteiger charge is 2.53. The van der Waals surface area contributed by atoms with Gasteiger partial charge in [-0.05, 0) is 30.9 Å². The lowest BCUT2D eigenvalue weighted by Crippen LogP contribution is -2.58. The van der Waals surface area contributed by atoms with Gasteiger partial charge in [0.15, 0.2) is 0 Å². The van der Waals surface area contributed by atoms with Crippen LogP contribution < -0.4 is 0 Å². The highest BCUT2D eigenvalue weighted by molar-refractivity contribution is 5.76. The van der Waals surface area contributed by atoms with Crippen molar-refractivity contribution in [2.75, 3.05) is 26.2 Å². The number of amides is 2. The predicted molar refractivity (Wildman–Crippen MR) is 109 cm³/mol. The van der Waals surface area contributed by atoms with Gasteiger partial charge in [0.05, 0.1) is 48.2 Å². The van der Waals surface area contributed by atoms with Crippen LogP contribution in [-0.4, -0.2) is 63.5 Å². The molecule has 3 heterocycles. The van der Waals surface area contributed by atoms with Gasteiger partial charge in [-0.25, -0.2) is 9.18 Å². The van der Waals surface area contributed by atoms with Gasteiger partial charge < -0.3 is 14.5 Å². The minimum absolute atomic E-state index is 0.0488. The standard InChI is InChI=1S/C22H23F4N5O2/c1-2-21-12-31(8-15(21)5-6-18-19(21)28-29-27-18)20(32)30-9-16(10-30)33-11-13-3-4-14(7-17(13)23)22(24,25)26/h2-4,7,15-16H,1,5-6,8-12H2,(H,27,28,29)/t15-,21+/m1/s1. The number of halogens is 4. The number of nitrogens with zero attached hydrogens (tertiary/aromatic N) is 4. The average molecular weight is 465 g/mol. The van der Waals surface area contributed by atoms with E-state index in [1.165, 1.54) is 0 Å². The van der Waals surface area contributed by atoms with Crippen molar-refractivity contribution in [1.29, 1.82) is 0 Å². The number of carbonyl (C=O) groups is 1. The molecule has 1 aromatic carbocycles. The first kappa shape index (κ1) is 21.9. The maximum absolute atomic E-state index is 14.0. The van der Waals surface area contributed by atoms with Crippen molar-refractivity contribution < 1.29 is 27.1 Å². The zero-order valence-electron chi connectivity index (χ0n) is 17.7. The van der Waals surface area contributed by atoms with Crippen LogP contribution in [0.1, 0.15) is 28.9 Å². The molecular weight excluding hydrogens is 442 g/mol. The number of hydrogen-bond donors (Lipinski definition) is 1. The van der Waals surface area contributed by atoms with Crippen molar-refractivity contribution >= 4 is 6.03 Å². The molecule has 2 aliphatic heterocycles. The minimum atomic E-state index is -4.60. The van der Waals surface area contributed by atoms with Gasteiger partial charge in [-0.1, -0.05) is 12.1 Å². The molecule has 0 saturated carbocycles. The molecule has 33 heavy (non-hydrogen) atoms. The Balaban J connectivity index is 1.16. The maximum Gasteiger partial charge on any atom is 0.416 e. The Labute approximate surface area is 187 Å². The summed E-state index contributed by atoms with van der Waals surface area (Å²) in [5.41, 5.74) is 0.399. The Hall–Kier alpha value is -2.95. The fraction of sp³-hybridized carbons (Fsp3) is 0.500. The van der Waals surface area contributed by atoms with Crippen LogP contribution in [0.3, 0.4) is 0 Å². The lowest BCUT2D eigenvalue weighted by molar-refractivity contribution is -0.137. The summed E-state index contributed by atoms with van der Waals surface area (Å²) in [4.78, 5) is 16.5. The molecule has 3 aliphatic rings. The van der Waals surface area contributed by atoms with E-state index in [2.05, 4.69) is 22.0 Å². The van der Waals surface area contributed by atoms with Crippen LogP contribution in [0.25, 0.3) is 0 Å². The third kappa shape index (κ3) is 3.68. The van der Waals surface area contributed by atoms with E-state index in [9.17, 15) is 22.4 Å². The maximum atomic E-state index is 14.0. The molecule has 0 radical (unpaired) electrons. The SMILES string of the molecule is C=C[C@]12CN(C(=O)N3CC(OCc4ccc(C(F)(F)F)cc4F)C3)C[C@H]1CCc1n[nH]nc12. The zero-order valence-corrected chi connectivity index (χ0v) is 17.7. The van der Waals surface area contributed by atoms with Gasteiger partial charge in [0.1, 0.15) is 5.82 Å². The Morgan fingerprint density at radius 2 is 2.06 bits per heavy atom. The zero-order chi connectivity index (χ0) is 23.4. The van der Waals surface area contributed by atoms with Crippen LogP contribution >= 0.6 is 0 Å². The van der Waals surface area contributed by atoms with Crippen molar-refractivity contribution in [3.05, 3.63) is 59.2 Å². The van der Waals surface area contributed by atoms with Gasteiger partial charge in [0.25, 0.3) is 0 Å². The Morgan fingerprint density at radius 3 is 2.76 bits per heavy atom. The second-order valence-corrected chi connectivity index (χ2v) is 8.90. The molecule has 5 rings (SSSR count). The second-order valence-electron chi connectivity index (χ2n) is 8.90. The molecule has 0 unspecified atom stereocenters. The molecule has 1 N–H and O–H groups in total. The van der Waals surface area contributed by atoms with E-state index in [1.54, 1.807) is 4.90 Å². The number of fused-ring (bicyclic) bond motifs is 3. The van der Waals surface area contributed by atoms with Crippen molar-refractivity contribution in [3.8, 4) is 0 Å². The molecule has 0 bridgehead atoms. The fourth-order valence-corrected chi connectivity index (χ4v) is 5.09. The van der Waals surface area contributed by atoms with Crippen LogP contribution in [0.2, 0.25) is 0 Å². The molecule has 7 nitrogen and oxygen atoms in total. The topological polar surface area (TPSA) is 74.3 Å². The highest BCUT2D eigenvalue weighted by Crippen LogP contribution is 2.46. The largest absolute Gasteiger partial charge is 0.416 e. The van der Waals surface area contributed by atoms with E-state index in [-0.39, 0.29) is 30.2 Å². The number of aryl methyl sites for hydroxylation is 1. The third-order valence-electron chi connectivity index (χ3n) is 7.02. The predicted octanol–water partition coefficient (Wildman–Crippen LogP) is 3.29. The molecule has 0 spiro atoms. The lowest BCUT2D eigenvalue weighted by atomic mass is 9.69. The van der Waals surface area contributed by atoms with Gasteiger partial charge in [-0.3, -0.25) is 0 Å². The third-order valence-corrected chi connectivity index (χ3v) is 7.02. The first-order valence-corrected chi connectivity index (χ1v) is 10.8. The molecule has 2 aromatic rings. The number of carbonyl (C=O) groups excluding carboxylic acids is 1. The monoisotopic (exact) mass is 465 g/mol. The number of hydrogen-bond acceptors (Lipinski definition) is 4. The van der Waals surface area contributed by atoms with E-state index in [4.69, 9.17) is 4.74 Å². The van der Waals surface area contributed by atoms with Crippen LogP contribution in [-0.2, 0) is 29.4 Å². The van der Waals surface area contributed by atoms with Crippen molar-refractivity contribution in [2.45, 2.75) is 37.1 Å². The van der Waals surface area contributed by atoms with E-state index >= 15 is 0 Å². The summed E-state index contributed by atoms with van der Waals surface area (Å²) in [7, 11) is 0. The van der Waals surface area contributed by atoms with Crippen molar-refractivity contribution in [3.63, 3.8) is 0 Å². The molecule has 1 aliphatic carbocycles. The van der Waals surface area contributed by atoms with E-state index < -0.39 is 23.0 Å². The summed E-state index contributed by atoms with van der Waals surface area (Å²) in [5.74, 6) is -0.730.